The van der Waals surface area contributed by atoms with Crippen LogP contribution in [0.3, 0.4) is 0 Å². The van der Waals surface area contributed by atoms with Gasteiger partial charge in [-0.25, -0.2) is 0 Å². The van der Waals surface area contributed by atoms with Gasteiger partial charge in [-0.1, -0.05) is 0 Å². The number of carboxylic acid groups (broad SMARTS) is 1. The van der Waals surface area contributed by atoms with E-state index in [0.29, 0.717) is 32.7 Å². The van der Waals surface area contributed by atoms with Gasteiger partial charge in [-0.2, -0.15) is 0 Å². The summed E-state index contributed by atoms with van der Waals surface area (Å²) in [5, 5.41) is 18.2. The number of nitrogens with zero attached hydrogens (tertiary/aromatic N) is 1. The number of aliphatic carboxylic acids is 1. The highest BCUT2D eigenvalue weighted by Crippen LogP contribution is 2.17. The lowest BCUT2D eigenvalue weighted by Gasteiger charge is -2.20. The zero-order valence-electron chi connectivity index (χ0n) is 8.35. The molecule has 0 spiro atoms. The van der Waals surface area contributed by atoms with Crippen molar-refractivity contribution in [3.8, 4) is 0 Å². The van der Waals surface area contributed by atoms with E-state index in [-0.39, 0.29) is 0 Å². The Morgan fingerprint density at radius 3 is 2.93 bits per heavy atom. The predicted octanol–water partition coefficient (Wildman–Crippen LogP) is -0.457. The molecule has 2 N–H and O–H groups in total. The number of carbonyl (C=O) groups is 1. The first-order valence-electron chi connectivity index (χ1n) is 4.87. The number of β-amino-alcohol motifs (C(OH)–C–C–N with tert-alkyl or cyclic N) is 1. The lowest BCUT2D eigenvalue weighted by Crippen LogP contribution is -2.38. The van der Waals surface area contributed by atoms with E-state index in [2.05, 4.69) is 0 Å². The maximum atomic E-state index is 10.8. The fourth-order valence-electron chi connectivity index (χ4n) is 1.71. The molecule has 5 heteroatoms. The van der Waals surface area contributed by atoms with Crippen LogP contribution in [0.4, 0.5) is 0 Å². The first-order valence-corrected chi connectivity index (χ1v) is 4.87. The Morgan fingerprint density at radius 2 is 2.36 bits per heavy atom. The van der Waals surface area contributed by atoms with Crippen LogP contribution in [0.5, 0.6) is 0 Å². The number of likely N-dealkylation sites (tertiary alicyclic amines) is 1. The largest absolute Gasteiger partial charge is 0.480 e. The van der Waals surface area contributed by atoms with Crippen molar-refractivity contribution >= 4 is 5.97 Å². The normalized spacial score (nSPS) is 28.1. The molecule has 0 radical (unpaired) electrons. The van der Waals surface area contributed by atoms with Crippen molar-refractivity contribution in [1.29, 1.82) is 0 Å². The minimum absolute atomic E-state index is 0.321. The summed E-state index contributed by atoms with van der Waals surface area (Å²) in [6.45, 7) is 4.06. The maximum Gasteiger partial charge on any atom is 0.321 e. The van der Waals surface area contributed by atoms with Crippen LogP contribution in [0.15, 0.2) is 0 Å². The highest BCUT2D eigenvalue weighted by atomic mass is 16.5. The zero-order valence-corrected chi connectivity index (χ0v) is 8.35. The van der Waals surface area contributed by atoms with Crippen molar-refractivity contribution in [2.45, 2.75) is 25.5 Å². The second-order valence-electron chi connectivity index (χ2n) is 3.44. The van der Waals surface area contributed by atoms with Crippen LogP contribution in [0.1, 0.15) is 13.3 Å². The number of ether oxygens (including phenoxy) is 1. The molecule has 1 heterocycles. The average Bonchev–Trinajstić information content (AvgIpc) is 2.47. The van der Waals surface area contributed by atoms with Gasteiger partial charge in [0.05, 0.1) is 12.7 Å². The van der Waals surface area contributed by atoms with Crippen molar-refractivity contribution in [2.24, 2.45) is 0 Å². The van der Waals surface area contributed by atoms with Gasteiger partial charge >= 0.3 is 5.97 Å². The first-order chi connectivity index (χ1) is 6.65. The van der Waals surface area contributed by atoms with Gasteiger partial charge in [0.15, 0.2) is 0 Å². The predicted molar refractivity (Wildman–Crippen MR) is 50.1 cm³/mol. The Kier molecular flexibility index (Phi) is 4.31. The molecule has 1 aliphatic rings. The molecule has 1 fully saturated rings. The molecule has 82 valence electrons. The molecule has 14 heavy (non-hydrogen) atoms. The summed E-state index contributed by atoms with van der Waals surface area (Å²) < 4.78 is 5.14. The fourth-order valence-corrected chi connectivity index (χ4v) is 1.71. The SMILES string of the molecule is CCOCCN1CC(O)CC1C(=O)O. The molecule has 0 aliphatic carbocycles. The third kappa shape index (κ3) is 2.94. The van der Waals surface area contributed by atoms with E-state index in [1.165, 1.54) is 0 Å². The van der Waals surface area contributed by atoms with E-state index in [1.54, 1.807) is 4.90 Å². The number of carboxylic acids is 1. The topological polar surface area (TPSA) is 70.0 Å². The van der Waals surface area contributed by atoms with Crippen molar-refractivity contribution < 1.29 is 19.7 Å². The van der Waals surface area contributed by atoms with E-state index >= 15 is 0 Å². The van der Waals surface area contributed by atoms with E-state index < -0.39 is 18.1 Å². The second-order valence-corrected chi connectivity index (χ2v) is 3.44. The number of aliphatic hydroxyl groups is 1. The molecular formula is C9H17NO4. The number of aliphatic hydroxyl groups excluding tert-OH is 1. The molecule has 0 aromatic carbocycles. The van der Waals surface area contributed by atoms with Crippen molar-refractivity contribution in [2.75, 3.05) is 26.3 Å². The molecule has 2 unspecified atom stereocenters. The van der Waals surface area contributed by atoms with Crippen molar-refractivity contribution in [3.05, 3.63) is 0 Å². The molecule has 1 aliphatic heterocycles. The summed E-state index contributed by atoms with van der Waals surface area (Å²) in [6.07, 6.45) is -0.195. The van der Waals surface area contributed by atoms with Crippen LogP contribution < -0.4 is 0 Å². The maximum absolute atomic E-state index is 10.8. The van der Waals surface area contributed by atoms with E-state index in [0.717, 1.165) is 0 Å². The highest BCUT2D eigenvalue weighted by Gasteiger charge is 2.35. The number of hydrogen-bond acceptors (Lipinski definition) is 4. The lowest BCUT2D eigenvalue weighted by molar-refractivity contribution is -0.142. The highest BCUT2D eigenvalue weighted by molar-refractivity contribution is 5.74. The summed E-state index contributed by atoms with van der Waals surface area (Å²) in [5.41, 5.74) is 0. The summed E-state index contributed by atoms with van der Waals surface area (Å²) in [5.74, 6) is -0.863. The molecule has 5 nitrogen and oxygen atoms in total. The van der Waals surface area contributed by atoms with Crippen molar-refractivity contribution in [3.63, 3.8) is 0 Å². The summed E-state index contributed by atoms with van der Waals surface area (Å²) in [7, 11) is 0. The second kappa shape index (κ2) is 5.29. The van der Waals surface area contributed by atoms with Gasteiger partial charge in [0, 0.05) is 26.1 Å². The van der Waals surface area contributed by atoms with Gasteiger partial charge in [-0.05, 0) is 6.92 Å². The Hall–Kier alpha value is -0.650. The number of rotatable bonds is 5. The Labute approximate surface area is 83.3 Å². The van der Waals surface area contributed by atoms with Crippen LogP contribution in [0.25, 0.3) is 0 Å². The first kappa shape index (κ1) is 11.4. The summed E-state index contributed by atoms with van der Waals surface area (Å²) in [4.78, 5) is 12.5. The number of hydrogen-bond donors (Lipinski definition) is 2. The Bertz CT molecular complexity index is 197. The third-order valence-electron chi connectivity index (χ3n) is 2.39. The quantitative estimate of drug-likeness (QED) is 0.592. The van der Waals surface area contributed by atoms with Crippen LogP contribution in [0, 0.1) is 0 Å². The van der Waals surface area contributed by atoms with Crippen LogP contribution >= 0.6 is 0 Å². The van der Waals surface area contributed by atoms with E-state index in [1.807, 2.05) is 6.92 Å². The van der Waals surface area contributed by atoms with E-state index in [9.17, 15) is 9.90 Å². The fraction of sp³-hybridized carbons (Fsp3) is 0.889. The average molecular weight is 203 g/mol. The minimum atomic E-state index is -0.863. The Balaban J connectivity index is 2.37. The van der Waals surface area contributed by atoms with Gasteiger partial charge in [0.1, 0.15) is 6.04 Å². The van der Waals surface area contributed by atoms with E-state index in [4.69, 9.17) is 9.84 Å². The van der Waals surface area contributed by atoms with Gasteiger partial charge < -0.3 is 14.9 Å². The van der Waals surface area contributed by atoms with Gasteiger partial charge in [0.2, 0.25) is 0 Å². The monoisotopic (exact) mass is 203 g/mol. The third-order valence-corrected chi connectivity index (χ3v) is 2.39. The molecular weight excluding hydrogens is 186 g/mol. The van der Waals surface area contributed by atoms with Gasteiger partial charge in [0.25, 0.3) is 0 Å². The summed E-state index contributed by atoms with van der Waals surface area (Å²) in [6, 6.07) is -0.551. The van der Waals surface area contributed by atoms with Gasteiger partial charge in [-0.3, -0.25) is 9.69 Å². The molecule has 1 rings (SSSR count). The van der Waals surface area contributed by atoms with Crippen molar-refractivity contribution in [1.82, 2.24) is 4.90 Å². The standard InChI is InChI=1S/C9H17NO4/c1-2-14-4-3-10-6-7(11)5-8(10)9(12)13/h7-8,11H,2-6H2,1H3,(H,12,13). The van der Waals surface area contributed by atoms with Gasteiger partial charge in [-0.15, -0.1) is 0 Å². The Morgan fingerprint density at radius 1 is 1.64 bits per heavy atom. The molecule has 1 saturated heterocycles. The van der Waals surface area contributed by atoms with Crippen LogP contribution in [0.2, 0.25) is 0 Å². The molecule has 0 aromatic heterocycles. The molecule has 2 atom stereocenters. The minimum Gasteiger partial charge on any atom is -0.480 e. The molecule has 0 aromatic rings. The smallest absolute Gasteiger partial charge is 0.321 e. The summed E-state index contributed by atoms with van der Waals surface area (Å²) >= 11 is 0. The lowest BCUT2D eigenvalue weighted by atomic mass is 10.2. The van der Waals surface area contributed by atoms with Crippen LogP contribution in [-0.2, 0) is 9.53 Å². The molecule has 0 amide bonds. The van der Waals surface area contributed by atoms with Crippen LogP contribution in [-0.4, -0.2) is 59.5 Å². The zero-order chi connectivity index (χ0) is 10.6. The molecule has 0 saturated carbocycles. The molecule has 0 bridgehead atoms.